The Bertz CT molecular complexity index is 1230. The summed E-state index contributed by atoms with van der Waals surface area (Å²) >= 11 is 0. The van der Waals surface area contributed by atoms with Gasteiger partial charge in [-0.15, -0.1) is 0 Å². The number of phosphoric acid groups is 2. The van der Waals surface area contributed by atoms with Crippen LogP contribution in [0.3, 0.4) is 0 Å². The molecule has 10 N–H and O–H groups in total. The molecule has 20 nitrogen and oxygen atoms in total. The highest BCUT2D eigenvalue weighted by atomic mass is 31.3. The van der Waals surface area contributed by atoms with Gasteiger partial charge in [-0.2, -0.15) is 4.31 Å². The lowest BCUT2D eigenvalue weighted by Crippen LogP contribution is -2.58. The lowest BCUT2D eigenvalue weighted by molar-refractivity contribution is -0.280. The molecule has 214 valence electrons. The van der Waals surface area contributed by atoms with Gasteiger partial charge in [0.15, 0.2) is 24.0 Å². The number of phosphoric ester groups is 2. The first-order chi connectivity index (χ1) is 17.7. The van der Waals surface area contributed by atoms with E-state index < -0.39 is 84.1 Å². The zero-order valence-electron chi connectivity index (χ0n) is 19.0. The Morgan fingerprint density at radius 3 is 2.29 bits per heavy atom. The summed E-state index contributed by atoms with van der Waals surface area (Å²) in [6, 6.07) is 0. The first-order valence-electron chi connectivity index (χ1n) is 10.7. The Balaban J connectivity index is 1.38. The van der Waals surface area contributed by atoms with Crippen LogP contribution in [0, 0.1) is 0 Å². The molecule has 3 unspecified atom stereocenters. The number of ether oxygens (including phenoxy) is 2. The molecule has 0 saturated carbocycles. The number of hydrogen-bond donors (Lipinski definition) is 9. The highest BCUT2D eigenvalue weighted by Crippen LogP contribution is 2.61. The lowest BCUT2D eigenvalue weighted by atomic mass is 10.00. The number of aliphatic hydroxyl groups excluding tert-OH is 6. The molecule has 0 bridgehead atoms. The molecule has 2 aromatic heterocycles. The smallest absolute Gasteiger partial charge is 0.394 e. The predicted molar refractivity (Wildman–Crippen MR) is 117 cm³/mol. The van der Waals surface area contributed by atoms with Gasteiger partial charge in [0.1, 0.15) is 54.6 Å². The summed E-state index contributed by atoms with van der Waals surface area (Å²) in [6.07, 6.45) is -13.3. The van der Waals surface area contributed by atoms with Crippen molar-refractivity contribution in [2.75, 3.05) is 18.9 Å². The minimum atomic E-state index is -5.56. The molecule has 0 aliphatic carbocycles. The van der Waals surface area contributed by atoms with Crippen LogP contribution in [-0.4, -0.2) is 122 Å². The van der Waals surface area contributed by atoms with E-state index in [-0.39, 0.29) is 17.0 Å². The van der Waals surface area contributed by atoms with E-state index >= 15 is 0 Å². The Hall–Kier alpha value is -1.71. The van der Waals surface area contributed by atoms with Gasteiger partial charge in [0.2, 0.25) is 0 Å². The van der Waals surface area contributed by atoms with Crippen LogP contribution in [0.4, 0.5) is 5.82 Å². The number of hydrogen-bond acceptors (Lipinski definition) is 17. The molecule has 22 heteroatoms. The van der Waals surface area contributed by atoms with Crippen LogP contribution < -0.4 is 5.73 Å². The molecule has 2 fully saturated rings. The van der Waals surface area contributed by atoms with E-state index in [2.05, 4.69) is 28.3 Å². The number of nitrogen functional groups attached to an aromatic ring is 1. The topological polar surface area (TPSA) is 312 Å². The number of rotatable bonds is 9. The van der Waals surface area contributed by atoms with Gasteiger partial charge >= 0.3 is 15.6 Å². The molecule has 0 spiro atoms. The molecule has 2 aliphatic rings. The van der Waals surface area contributed by atoms with Crippen molar-refractivity contribution in [2.45, 2.75) is 55.2 Å². The number of anilines is 1. The van der Waals surface area contributed by atoms with Crippen LogP contribution in [0.2, 0.25) is 0 Å². The minimum Gasteiger partial charge on any atom is -0.394 e. The van der Waals surface area contributed by atoms with Gasteiger partial charge in [-0.1, -0.05) is 0 Å². The fourth-order valence-corrected chi connectivity index (χ4v) is 5.94. The second-order valence-corrected chi connectivity index (χ2v) is 11.2. The maximum atomic E-state index is 12.3. The average Bonchev–Trinajstić information content (AvgIpc) is 3.39. The number of nitrogens with zero attached hydrogens (tertiary/aromatic N) is 4. The third kappa shape index (κ3) is 5.89. The van der Waals surface area contributed by atoms with Gasteiger partial charge in [-0.3, -0.25) is 13.6 Å². The van der Waals surface area contributed by atoms with Crippen molar-refractivity contribution in [1.29, 1.82) is 0 Å². The third-order valence-electron chi connectivity index (χ3n) is 5.69. The summed E-state index contributed by atoms with van der Waals surface area (Å²) < 4.78 is 49.3. The van der Waals surface area contributed by atoms with Crippen molar-refractivity contribution in [3.63, 3.8) is 0 Å². The van der Waals surface area contributed by atoms with Gasteiger partial charge in [0, 0.05) is 0 Å². The monoisotopic (exact) mass is 589 g/mol. The van der Waals surface area contributed by atoms with Crippen molar-refractivity contribution in [3.05, 3.63) is 12.7 Å². The standard InChI is InChI=1S/C16H25N5O15P2/c17-13-7-14(19-3-18-13)21(4-20-7)15-11(26)9(24)6(33-15)2-32-37(28,29)36-38(30,31)35-16-12(27)10(25)8(23)5(1-22)34-16/h3-6,8-12,15-16,22-27H,1-2H2,(H,28,29)(H,30,31)(H2,17,18,19)/t5-,6-,8+,9-,10+,11-,12-,15-,16?/m1/s1. The Morgan fingerprint density at radius 1 is 0.921 bits per heavy atom. The third-order valence-corrected chi connectivity index (χ3v) is 8.29. The molecule has 0 aromatic carbocycles. The van der Waals surface area contributed by atoms with Crippen LogP contribution in [0.1, 0.15) is 6.23 Å². The zero-order valence-corrected chi connectivity index (χ0v) is 20.7. The SMILES string of the molecule is Nc1ncnc2c1ncn2[C@@H]1O[C@H](COP(=O)(O)OP(=O)(O)OC2O[C@H](CO)[C@H](O)[C@H](O)[C@H]2O)[C@@H](O)[C@H]1O. The number of nitrogens with two attached hydrogens (primary N) is 1. The van der Waals surface area contributed by atoms with Crippen molar-refractivity contribution in [3.8, 4) is 0 Å². The van der Waals surface area contributed by atoms with E-state index in [0.717, 1.165) is 6.33 Å². The van der Waals surface area contributed by atoms with Gasteiger partial charge in [-0.05, 0) is 0 Å². The molecular formula is C16H25N5O15P2. The second kappa shape index (κ2) is 11.0. The summed E-state index contributed by atoms with van der Waals surface area (Å²) in [5, 5.41) is 59.2. The largest absolute Gasteiger partial charge is 0.483 e. The summed E-state index contributed by atoms with van der Waals surface area (Å²) in [5.74, 6) is 0.0411. The Morgan fingerprint density at radius 2 is 1.61 bits per heavy atom. The van der Waals surface area contributed by atoms with Gasteiger partial charge in [0.05, 0.1) is 19.5 Å². The Labute approximate surface area is 212 Å². The van der Waals surface area contributed by atoms with E-state index in [1.165, 1.54) is 10.9 Å². The first kappa shape index (κ1) is 29.3. The number of aromatic nitrogens is 4. The maximum absolute atomic E-state index is 12.3. The van der Waals surface area contributed by atoms with Crippen LogP contribution in [0.25, 0.3) is 11.2 Å². The fraction of sp³-hybridized carbons (Fsp3) is 0.688. The van der Waals surface area contributed by atoms with E-state index in [1.807, 2.05) is 0 Å². The van der Waals surface area contributed by atoms with Crippen LogP contribution in [0.5, 0.6) is 0 Å². The van der Waals surface area contributed by atoms with Crippen LogP contribution >= 0.6 is 15.6 Å². The molecular weight excluding hydrogens is 564 g/mol. The average molecular weight is 589 g/mol. The van der Waals surface area contributed by atoms with Gasteiger partial charge in [-0.25, -0.2) is 24.1 Å². The summed E-state index contributed by atoms with van der Waals surface area (Å²) in [5.41, 5.74) is 6.05. The lowest BCUT2D eigenvalue weighted by Gasteiger charge is -2.39. The highest BCUT2D eigenvalue weighted by Gasteiger charge is 2.49. The summed E-state index contributed by atoms with van der Waals surface area (Å²) in [7, 11) is -11.0. The number of aliphatic hydroxyl groups is 6. The molecule has 0 radical (unpaired) electrons. The summed E-state index contributed by atoms with van der Waals surface area (Å²) in [6.45, 7) is -1.82. The van der Waals surface area contributed by atoms with Gasteiger partial charge < -0.3 is 55.6 Å². The molecule has 38 heavy (non-hydrogen) atoms. The molecule has 2 aliphatic heterocycles. The number of fused-ring (bicyclic) bond motifs is 1. The zero-order chi connectivity index (χ0) is 28.0. The molecule has 2 aromatic rings. The number of imidazole rings is 1. The van der Waals surface area contributed by atoms with Gasteiger partial charge in [0.25, 0.3) is 0 Å². The maximum Gasteiger partial charge on any atom is 0.483 e. The molecule has 11 atom stereocenters. The molecule has 2 saturated heterocycles. The predicted octanol–water partition coefficient (Wildman–Crippen LogP) is -3.92. The molecule has 4 rings (SSSR count). The van der Waals surface area contributed by atoms with Crippen molar-refractivity contribution in [2.24, 2.45) is 0 Å². The van der Waals surface area contributed by atoms with E-state index in [9.17, 15) is 44.4 Å². The van der Waals surface area contributed by atoms with E-state index in [0.29, 0.717) is 0 Å². The quantitative estimate of drug-likeness (QED) is 0.126. The van der Waals surface area contributed by atoms with Crippen molar-refractivity contribution < 1.29 is 72.4 Å². The first-order valence-corrected chi connectivity index (χ1v) is 13.7. The fourth-order valence-electron chi connectivity index (χ4n) is 3.78. The highest BCUT2D eigenvalue weighted by molar-refractivity contribution is 7.61. The van der Waals surface area contributed by atoms with E-state index in [1.54, 1.807) is 0 Å². The van der Waals surface area contributed by atoms with Crippen molar-refractivity contribution in [1.82, 2.24) is 19.5 Å². The second-order valence-electron chi connectivity index (χ2n) is 8.25. The molecule has 0 amide bonds. The molecule has 4 heterocycles. The van der Waals surface area contributed by atoms with E-state index in [4.69, 9.17) is 20.3 Å². The normalized spacial score (nSPS) is 37.2. The van der Waals surface area contributed by atoms with Crippen molar-refractivity contribution >= 4 is 32.6 Å². The Kier molecular flexibility index (Phi) is 8.51. The minimum absolute atomic E-state index is 0.0411. The van der Waals surface area contributed by atoms with Crippen LogP contribution in [0.15, 0.2) is 12.7 Å². The summed E-state index contributed by atoms with van der Waals surface area (Å²) in [4.78, 5) is 31.5. The van der Waals surface area contributed by atoms with Crippen LogP contribution in [-0.2, 0) is 32.0 Å².